The first-order valence-electron chi connectivity index (χ1n) is 12.2. The molecule has 3 aliphatic carbocycles. The Morgan fingerprint density at radius 3 is 2.53 bits per heavy atom. The third-order valence-corrected chi connectivity index (χ3v) is 10.6. The number of aliphatic hydroxyl groups excluding tert-OH is 1. The number of sulfonamides is 1. The van der Waals surface area contributed by atoms with E-state index in [0.717, 1.165) is 19.3 Å². The summed E-state index contributed by atoms with van der Waals surface area (Å²) in [5, 5.41) is 11.8. The number of hydrogen-bond donors (Lipinski definition) is 2. The lowest BCUT2D eigenvalue weighted by Crippen LogP contribution is -2.63. The molecule has 1 amide bonds. The maximum atomic E-state index is 14.4. The van der Waals surface area contributed by atoms with Crippen LogP contribution in [0.2, 0.25) is 0 Å². The number of ether oxygens (including phenoxy) is 1. The molecule has 4 rings (SSSR count). The molecule has 1 saturated heterocycles. The average molecular weight is 495 g/mol. The van der Waals surface area contributed by atoms with Crippen molar-refractivity contribution in [2.75, 3.05) is 13.2 Å². The minimum Gasteiger partial charge on any atom is -0.394 e. The number of amides is 1. The first-order chi connectivity index (χ1) is 15.3. The van der Waals surface area contributed by atoms with E-state index in [1.165, 1.54) is 0 Å². The van der Waals surface area contributed by atoms with Crippen molar-refractivity contribution in [3.63, 3.8) is 0 Å². The summed E-state index contributed by atoms with van der Waals surface area (Å²) < 4.78 is 49.1. The van der Waals surface area contributed by atoms with E-state index in [1.54, 1.807) is 4.31 Å². The summed E-state index contributed by atoms with van der Waals surface area (Å²) in [6, 6.07) is -0.636. The zero-order chi connectivity index (χ0) is 22.9. The molecule has 10 heteroatoms. The van der Waals surface area contributed by atoms with Crippen LogP contribution in [0.5, 0.6) is 0 Å². The predicted molar refractivity (Wildman–Crippen MR) is 120 cm³/mol. The Labute approximate surface area is 195 Å². The first kappa shape index (κ1) is 24.6. The van der Waals surface area contributed by atoms with E-state index in [9.17, 15) is 22.7 Å². The lowest BCUT2D eigenvalue weighted by molar-refractivity contribution is -0.135. The number of hydrogen-bond acceptors (Lipinski definition) is 5. The van der Waals surface area contributed by atoms with Gasteiger partial charge in [0.15, 0.2) is 0 Å². The number of morpholine rings is 1. The summed E-state index contributed by atoms with van der Waals surface area (Å²) in [5.74, 6) is -1.22. The van der Waals surface area contributed by atoms with Gasteiger partial charge < -0.3 is 15.2 Å². The monoisotopic (exact) mass is 494 g/mol. The summed E-state index contributed by atoms with van der Waals surface area (Å²) in [7, 11) is -3.54. The van der Waals surface area contributed by atoms with Crippen molar-refractivity contribution in [2.45, 2.75) is 112 Å². The average Bonchev–Trinajstić information content (AvgIpc) is 2.78. The van der Waals surface area contributed by atoms with Crippen LogP contribution in [0.25, 0.3) is 0 Å². The van der Waals surface area contributed by atoms with E-state index in [0.29, 0.717) is 51.4 Å². The molecule has 0 bridgehead atoms. The van der Waals surface area contributed by atoms with Gasteiger partial charge in [-0.05, 0) is 51.4 Å². The van der Waals surface area contributed by atoms with E-state index in [2.05, 4.69) is 5.32 Å². The van der Waals surface area contributed by atoms with Crippen molar-refractivity contribution in [1.29, 1.82) is 0 Å². The summed E-state index contributed by atoms with van der Waals surface area (Å²) in [4.78, 5) is 12.8. The van der Waals surface area contributed by atoms with Gasteiger partial charge in [-0.25, -0.2) is 12.8 Å². The van der Waals surface area contributed by atoms with E-state index >= 15 is 0 Å². The number of rotatable bonds is 5. The van der Waals surface area contributed by atoms with Crippen molar-refractivity contribution in [3.8, 4) is 0 Å². The minimum absolute atomic E-state index is 0.135. The van der Waals surface area contributed by atoms with Crippen molar-refractivity contribution < 1.29 is 27.4 Å². The number of fused-ring (bicyclic) bond motifs is 1. The third kappa shape index (κ3) is 5.11. The molecule has 6 unspecified atom stereocenters. The fourth-order valence-corrected chi connectivity index (χ4v) is 8.72. The first-order valence-corrected chi connectivity index (χ1v) is 14.1. The van der Waals surface area contributed by atoms with Gasteiger partial charge in [-0.15, -0.1) is 11.6 Å². The Balaban J connectivity index is 1.47. The lowest BCUT2D eigenvalue weighted by Gasteiger charge is -2.48. The smallest absolute Gasteiger partial charge is 0.227 e. The second kappa shape index (κ2) is 10.4. The van der Waals surface area contributed by atoms with Crippen LogP contribution >= 0.6 is 11.6 Å². The molecule has 0 spiro atoms. The van der Waals surface area contributed by atoms with Crippen molar-refractivity contribution in [1.82, 2.24) is 9.62 Å². The molecule has 184 valence electrons. The Morgan fingerprint density at radius 1 is 1.09 bits per heavy atom. The molecule has 2 N–H and O–H groups in total. The van der Waals surface area contributed by atoms with Gasteiger partial charge in [-0.3, -0.25) is 4.79 Å². The number of carbonyl (C=O) groups is 1. The van der Waals surface area contributed by atoms with Crippen LogP contribution in [0, 0.1) is 5.92 Å². The number of nitrogens with one attached hydrogen (secondary N) is 1. The van der Waals surface area contributed by atoms with Crippen LogP contribution in [0.15, 0.2) is 0 Å². The Kier molecular flexibility index (Phi) is 8.02. The second-order valence-electron chi connectivity index (χ2n) is 9.93. The Bertz CT molecular complexity index is 755. The molecule has 7 atom stereocenters. The van der Waals surface area contributed by atoms with Crippen LogP contribution in [-0.4, -0.2) is 78.0 Å². The Hall–Kier alpha value is -0.480. The van der Waals surface area contributed by atoms with Crippen molar-refractivity contribution in [2.24, 2.45) is 5.92 Å². The highest BCUT2D eigenvalue weighted by atomic mass is 35.5. The Morgan fingerprint density at radius 2 is 1.84 bits per heavy atom. The molecule has 0 aromatic carbocycles. The summed E-state index contributed by atoms with van der Waals surface area (Å²) >= 11 is 6.27. The summed E-state index contributed by atoms with van der Waals surface area (Å²) in [5.41, 5.74) is 0. The van der Waals surface area contributed by atoms with Crippen molar-refractivity contribution in [3.05, 3.63) is 0 Å². The summed E-state index contributed by atoms with van der Waals surface area (Å²) in [6.07, 6.45) is 5.42. The van der Waals surface area contributed by atoms with Gasteiger partial charge in [-0.1, -0.05) is 19.3 Å². The highest BCUT2D eigenvalue weighted by Gasteiger charge is 2.48. The number of aliphatic hydroxyl groups is 1. The van der Waals surface area contributed by atoms with Crippen LogP contribution in [0.4, 0.5) is 4.39 Å². The molecular weight excluding hydrogens is 459 g/mol. The molecule has 4 aliphatic rings. The van der Waals surface area contributed by atoms with Gasteiger partial charge in [-0.2, -0.15) is 4.31 Å². The summed E-state index contributed by atoms with van der Waals surface area (Å²) in [6.45, 7) is -0.0904. The number of alkyl halides is 2. The fourth-order valence-electron chi connectivity index (χ4n) is 6.01. The van der Waals surface area contributed by atoms with Crippen LogP contribution < -0.4 is 5.32 Å². The predicted octanol–water partition coefficient (Wildman–Crippen LogP) is 2.49. The minimum atomic E-state index is -3.54. The molecule has 1 heterocycles. The van der Waals surface area contributed by atoms with Crippen LogP contribution in [-0.2, 0) is 19.6 Å². The molecule has 0 radical (unpaired) electrons. The molecule has 0 aromatic heterocycles. The van der Waals surface area contributed by atoms with Gasteiger partial charge in [0.1, 0.15) is 6.17 Å². The largest absolute Gasteiger partial charge is 0.394 e. The van der Waals surface area contributed by atoms with Crippen LogP contribution in [0.1, 0.15) is 70.6 Å². The van der Waals surface area contributed by atoms with E-state index in [1.807, 2.05) is 0 Å². The normalized spacial score (nSPS) is 39.9. The molecule has 32 heavy (non-hydrogen) atoms. The SMILES string of the molecule is O=C(NC1CCC2O[C@@H](CO)CN(S(=O)(=O)C3CCCCC3)C2C1)C1C(F)CCCC1Cl. The molecule has 1 aliphatic heterocycles. The zero-order valence-corrected chi connectivity index (χ0v) is 20.1. The number of carbonyl (C=O) groups excluding carboxylic acids is 1. The number of nitrogens with zero attached hydrogens (tertiary/aromatic N) is 1. The van der Waals surface area contributed by atoms with Gasteiger partial charge in [0.2, 0.25) is 15.9 Å². The van der Waals surface area contributed by atoms with E-state index < -0.39 is 38.8 Å². The molecular formula is C22H36ClFN2O5S. The topological polar surface area (TPSA) is 95.9 Å². The van der Waals surface area contributed by atoms with E-state index in [-0.39, 0.29) is 37.2 Å². The lowest BCUT2D eigenvalue weighted by atomic mass is 9.84. The van der Waals surface area contributed by atoms with Gasteiger partial charge in [0.25, 0.3) is 0 Å². The number of halogens is 2. The van der Waals surface area contributed by atoms with Gasteiger partial charge in [0.05, 0.1) is 36.0 Å². The maximum absolute atomic E-state index is 14.4. The maximum Gasteiger partial charge on any atom is 0.227 e. The molecule has 7 nitrogen and oxygen atoms in total. The zero-order valence-electron chi connectivity index (χ0n) is 18.5. The second-order valence-corrected chi connectivity index (χ2v) is 12.7. The highest BCUT2D eigenvalue weighted by Crippen LogP contribution is 2.37. The van der Waals surface area contributed by atoms with E-state index in [4.69, 9.17) is 16.3 Å². The highest BCUT2D eigenvalue weighted by molar-refractivity contribution is 7.89. The standard InChI is InChI=1S/C22H36ClFN2O5S/c23-17-7-4-8-18(24)21(17)22(28)25-14-9-10-20-19(11-14)26(12-15(13-27)31-20)32(29,30)16-5-2-1-3-6-16/h14-21,27H,1-13H2,(H,25,28)/t14?,15-,17?,18?,19?,20?,21?/m1/s1. The van der Waals surface area contributed by atoms with Crippen molar-refractivity contribution >= 4 is 27.5 Å². The molecule has 4 fully saturated rings. The molecule has 0 aromatic rings. The van der Waals surface area contributed by atoms with Crippen LogP contribution in [0.3, 0.4) is 0 Å². The third-order valence-electron chi connectivity index (χ3n) is 7.77. The van der Waals surface area contributed by atoms with Gasteiger partial charge >= 0.3 is 0 Å². The molecule has 3 saturated carbocycles. The fraction of sp³-hybridized carbons (Fsp3) is 0.955. The van der Waals surface area contributed by atoms with Gasteiger partial charge in [0, 0.05) is 18.0 Å². The quantitative estimate of drug-likeness (QED) is 0.572.